The standard InChI is InChI=1S/C21H19N7S/c1-3-27-18-7-5-4-6-15(18)16-11-14(8-9-19(16)27)12-22-28-20(25-26-21(28)29)17-10-13(2)23-24-17/h4-12H,3H2,1-2H3,(H,23,24)(H,26,29)/b22-12-. The van der Waals surface area contributed by atoms with Crippen LogP contribution in [0.15, 0.2) is 53.6 Å². The third kappa shape index (κ3) is 2.89. The van der Waals surface area contributed by atoms with Crippen LogP contribution >= 0.6 is 12.2 Å². The minimum Gasteiger partial charge on any atom is -0.341 e. The first-order valence-corrected chi connectivity index (χ1v) is 9.81. The molecule has 3 heterocycles. The molecule has 8 heteroatoms. The summed E-state index contributed by atoms with van der Waals surface area (Å²) in [5, 5.41) is 21.2. The normalized spacial score (nSPS) is 11.9. The molecule has 29 heavy (non-hydrogen) atoms. The van der Waals surface area contributed by atoms with E-state index in [1.54, 1.807) is 10.9 Å². The summed E-state index contributed by atoms with van der Waals surface area (Å²) in [5.41, 5.74) is 5.09. The van der Waals surface area contributed by atoms with Crippen molar-refractivity contribution in [1.82, 2.24) is 29.6 Å². The Morgan fingerprint density at radius 2 is 1.86 bits per heavy atom. The van der Waals surface area contributed by atoms with E-state index in [0.717, 1.165) is 17.8 Å². The van der Waals surface area contributed by atoms with Gasteiger partial charge in [-0.05, 0) is 55.9 Å². The highest BCUT2D eigenvalue weighted by atomic mass is 32.1. The van der Waals surface area contributed by atoms with Crippen LogP contribution in [-0.4, -0.2) is 35.9 Å². The van der Waals surface area contributed by atoms with Gasteiger partial charge in [0.15, 0.2) is 0 Å². The zero-order valence-electron chi connectivity index (χ0n) is 16.0. The van der Waals surface area contributed by atoms with Crippen molar-refractivity contribution in [3.8, 4) is 11.5 Å². The van der Waals surface area contributed by atoms with E-state index in [9.17, 15) is 0 Å². The highest BCUT2D eigenvalue weighted by molar-refractivity contribution is 7.71. The van der Waals surface area contributed by atoms with Crippen molar-refractivity contribution in [2.45, 2.75) is 20.4 Å². The topological polar surface area (TPSA) is 79.6 Å². The average Bonchev–Trinajstić information content (AvgIpc) is 3.41. The van der Waals surface area contributed by atoms with Crippen molar-refractivity contribution in [3.05, 3.63) is 64.6 Å². The van der Waals surface area contributed by atoms with Crippen LogP contribution in [0, 0.1) is 11.7 Å². The van der Waals surface area contributed by atoms with Gasteiger partial charge < -0.3 is 4.57 Å². The fourth-order valence-corrected chi connectivity index (χ4v) is 3.89. The third-order valence-electron chi connectivity index (χ3n) is 5.02. The molecule has 0 saturated heterocycles. The number of nitrogens with zero attached hydrogens (tertiary/aromatic N) is 5. The monoisotopic (exact) mass is 401 g/mol. The molecule has 0 aliphatic carbocycles. The summed E-state index contributed by atoms with van der Waals surface area (Å²) in [4.78, 5) is 0. The lowest BCUT2D eigenvalue weighted by Gasteiger charge is -2.02. The van der Waals surface area contributed by atoms with E-state index in [4.69, 9.17) is 12.2 Å². The van der Waals surface area contributed by atoms with Gasteiger partial charge in [-0.25, -0.2) is 5.10 Å². The molecule has 2 N–H and O–H groups in total. The van der Waals surface area contributed by atoms with Crippen LogP contribution in [0.3, 0.4) is 0 Å². The van der Waals surface area contributed by atoms with E-state index in [2.05, 4.69) is 79.5 Å². The number of H-pyrrole nitrogens is 2. The van der Waals surface area contributed by atoms with Crippen molar-refractivity contribution in [2.75, 3.05) is 0 Å². The average molecular weight is 401 g/mol. The second-order valence-corrected chi connectivity index (χ2v) is 7.27. The van der Waals surface area contributed by atoms with Gasteiger partial charge in [0.25, 0.3) is 0 Å². The van der Waals surface area contributed by atoms with E-state index >= 15 is 0 Å². The van der Waals surface area contributed by atoms with Crippen molar-refractivity contribution in [1.29, 1.82) is 0 Å². The Morgan fingerprint density at radius 3 is 2.66 bits per heavy atom. The number of hydrogen-bond donors (Lipinski definition) is 2. The third-order valence-corrected chi connectivity index (χ3v) is 5.28. The molecular weight excluding hydrogens is 382 g/mol. The summed E-state index contributed by atoms with van der Waals surface area (Å²) in [6.07, 6.45) is 1.80. The number of para-hydroxylation sites is 1. The maximum atomic E-state index is 5.34. The van der Waals surface area contributed by atoms with E-state index in [1.807, 2.05) is 13.0 Å². The zero-order valence-corrected chi connectivity index (χ0v) is 16.9. The molecule has 3 aromatic heterocycles. The van der Waals surface area contributed by atoms with Crippen molar-refractivity contribution in [2.24, 2.45) is 5.10 Å². The highest BCUT2D eigenvalue weighted by Crippen LogP contribution is 2.29. The molecule has 144 valence electrons. The summed E-state index contributed by atoms with van der Waals surface area (Å²) in [7, 11) is 0. The molecule has 0 aliphatic heterocycles. The van der Waals surface area contributed by atoms with Crippen LogP contribution in [0.5, 0.6) is 0 Å². The first kappa shape index (κ1) is 17.6. The number of hydrogen-bond acceptors (Lipinski definition) is 4. The first-order chi connectivity index (χ1) is 14.2. The van der Waals surface area contributed by atoms with E-state index in [0.29, 0.717) is 16.3 Å². The van der Waals surface area contributed by atoms with Crippen molar-refractivity contribution < 1.29 is 0 Å². The molecule has 0 aliphatic rings. The van der Waals surface area contributed by atoms with Gasteiger partial charge in [-0.1, -0.05) is 24.3 Å². The van der Waals surface area contributed by atoms with Gasteiger partial charge in [0, 0.05) is 34.0 Å². The predicted octanol–water partition coefficient (Wildman–Crippen LogP) is 4.65. The largest absolute Gasteiger partial charge is 0.341 e. The fourth-order valence-electron chi connectivity index (χ4n) is 3.71. The molecule has 0 saturated carbocycles. The molecule has 0 fully saturated rings. The van der Waals surface area contributed by atoms with Crippen molar-refractivity contribution in [3.63, 3.8) is 0 Å². The van der Waals surface area contributed by atoms with Crippen molar-refractivity contribution >= 4 is 40.2 Å². The lowest BCUT2D eigenvalue weighted by molar-refractivity contribution is 0.827. The number of aromatic amines is 2. The van der Waals surface area contributed by atoms with Gasteiger partial charge in [-0.15, -0.1) is 0 Å². The quantitative estimate of drug-likeness (QED) is 0.340. The number of nitrogens with one attached hydrogen (secondary N) is 2. The smallest absolute Gasteiger partial charge is 0.216 e. The number of benzene rings is 2. The molecule has 0 unspecified atom stereocenters. The SMILES string of the molecule is CCn1c2ccccc2c2cc(/C=N\n3c(-c4cc(C)[nH]n4)n[nH]c3=S)ccc21. The molecule has 0 atom stereocenters. The van der Waals surface area contributed by atoms with Gasteiger partial charge in [-0.3, -0.25) is 5.10 Å². The molecule has 0 amide bonds. The molecule has 0 bridgehead atoms. The molecule has 0 radical (unpaired) electrons. The molecule has 5 rings (SSSR count). The molecule has 5 aromatic rings. The van der Waals surface area contributed by atoms with Crippen LogP contribution in [0.25, 0.3) is 33.3 Å². The van der Waals surface area contributed by atoms with Gasteiger partial charge in [0.05, 0.1) is 6.21 Å². The summed E-state index contributed by atoms with van der Waals surface area (Å²) in [6.45, 7) is 5.03. The van der Waals surface area contributed by atoms with Crippen LogP contribution in [0.1, 0.15) is 18.2 Å². The van der Waals surface area contributed by atoms with Crippen LogP contribution in [0.4, 0.5) is 0 Å². The maximum absolute atomic E-state index is 5.34. The Labute approximate surface area is 171 Å². The Hall–Kier alpha value is -3.52. The predicted molar refractivity (Wildman–Crippen MR) is 118 cm³/mol. The van der Waals surface area contributed by atoms with Gasteiger partial charge >= 0.3 is 0 Å². The number of fused-ring (bicyclic) bond motifs is 3. The lowest BCUT2D eigenvalue weighted by atomic mass is 10.1. The maximum Gasteiger partial charge on any atom is 0.216 e. The molecule has 0 spiro atoms. The zero-order chi connectivity index (χ0) is 20.0. The van der Waals surface area contributed by atoms with Gasteiger partial charge in [0.1, 0.15) is 5.69 Å². The van der Waals surface area contributed by atoms with Crippen LogP contribution < -0.4 is 0 Å². The van der Waals surface area contributed by atoms with E-state index < -0.39 is 0 Å². The second kappa shape index (κ2) is 6.82. The Bertz CT molecular complexity index is 1430. The van der Waals surface area contributed by atoms with E-state index in [1.165, 1.54) is 21.8 Å². The van der Waals surface area contributed by atoms with Gasteiger partial charge in [-0.2, -0.15) is 20.0 Å². The lowest BCUT2D eigenvalue weighted by Crippen LogP contribution is -1.96. The molecular formula is C21H19N7S. The van der Waals surface area contributed by atoms with Crippen LogP contribution in [-0.2, 0) is 6.54 Å². The Balaban J connectivity index is 1.60. The van der Waals surface area contributed by atoms with E-state index in [-0.39, 0.29) is 0 Å². The number of aryl methyl sites for hydroxylation is 2. The number of aromatic nitrogens is 6. The molecule has 7 nitrogen and oxygen atoms in total. The van der Waals surface area contributed by atoms with Gasteiger partial charge in [0.2, 0.25) is 10.6 Å². The Morgan fingerprint density at radius 1 is 1.03 bits per heavy atom. The summed E-state index contributed by atoms with van der Waals surface area (Å²) >= 11 is 5.34. The first-order valence-electron chi connectivity index (χ1n) is 9.41. The molecule has 2 aromatic carbocycles. The summed E-state index contributed by atoms with van der Waals surface area (Å²) in [6, 6.07) is 16.8. The number of rotatable bonds is 4. The second-order valence-electron chi connectivity index (χ2n) is 6.88. The summed E-state index contributed by atoms with van der Waals surface area (Å²) < 4.78 is 4.33. The highest BCUT2D eigenvalue weighted by Gasteiger charge is 2.12. The minimum atomic E-state index is 0.417. The summed E-state index contributed by atoms with van der Waals surface area (Å²) in [5.74, 6) is 0.569. The Kier molecular flexibility index (Phi) is 4.13. The fraction of sp³-hybridized carbons (Fsp3) is 0.143. The van der Waals surface area contributed by atoms with Crippen LogP contribution in [0.2, 0.25) is 0 Å². The minimum absolute atomic E-state index is 0.417.